The number of thiol groups is 1. The molecule has 0 aliphatic heterocycles. The summed E-state index contributed by atoms with van der Waals surface area (Å²) in [6.07, 6.45) is 2.34. The van der Waals surface area contributed by atoms with Gasteiger partial charge in [-0.15, -0.1) is 0 Å². The standard InChI is InChI=1S/C36H38N4O5S2/c1-3-9-33-38-35-24(2)18-28(36(43)37-29(23-46)19-25-10-5-4-6-11-25)20-31(35)40(33)21-26-14-16-27(17-15-26)30-12-7-8-13-32(30)47(44,45)39-34(42)22-41/h4-8,10-18,20,29,41,46H,3,9,19,21-23H2,1-2H3,(H,37,43)(H,39,42)/t29-/m1/s1. The lowest BCUT2D eigenvalue weighted by molar-refractivity contribution is -0.122. The second-order valence-corrected chi connectivity index (χ2v) is 13.5. The van der Waals surface area contributed by atoms with Gasteiger partial charge in [-0.2, -0.15) is 12.6 Å². The second-order valence-electron chi connectivity index (χ2n) is 11.4. The SMILES string of the molecule is CCCc1nc2c(C)cc(C(=O)N[C@@H](CS)Cc3ccccc3)cc2n1Cc1ccc(-c2ccccc2S(=O)(=O)NC(=O)CO)cc1. The van der Waals surface area contributed by atoms with E-state index in [1.165, 1.54) is 6.07 Å². The molecule has 244 valence electrons. The fraction of sp³-hybridized carbons (Fsp3) is 0.250. The highest BCUT2D eigenvalue weighted by molar-refractivity contribution is 7.90. The van der Waals surface area contributed by atoms with E-state index in [0.29, 0.717) is 35.4 Å². The van der Waals surface area contributed by atoms with Gasteiger partial charge in [0.05, 0.1) is 15.9 Å². The monoisotopic (exact) mass is 670 g/mol. The quantitative estimate of drug-likeness (QED) is 0.129. The van der Waals surface area contributed by atoms with Gasteiger partial charge >= 0.3 is 0 Å². The highest BCUT2D eigenvalue weighted by Crippen LogP contribution is 2.29. The Kier molecular flexibility index (Phi) is 10.8. The number of hydrogen-bond donors (Lipinski definition) is 4. The normalized spacial score (nSPS) is 12.2. The number of nitrogens with one attached hydrogen (secondary N) is 2. The zero-order valence-corrected chi connectivity index (χ0v) is 28.0. The zero-order valence-electron chi connectivity index (χ0n) is 26.3. The number of carbonyl (C=O) groups is 2. The van der Waals surface area contributed by atoms with Gasteiger partial charge in [-0.1, -0.05) is 79.7 Å². The predicted octanol–water partition coefficient (Wildman–Crippen LogP) is 5.08. The number of aryl methyl sites for hydroxylation is 2. The van der Waals surface area contributed by atoms with Crippen molar-refractivity contribution in [3.05, 3.63) is 119 Å². The number of imidazole rings is 1. The van der Waals surface area contributed by atoms with Gasteiger partial charge in [0.25, 0.3) is 21.8 Å². The molecule has 0 spiro atoms. The van der Waals surface area contributed by atoms with Gasteiger partial charge in [0, 0.05) is 35.9 Å². The van der Waals surface area contributed by atoms with E-state index in [9.17, 15) is 18.0 Å². The summed E-state index contributed by atoms with van der Waals surface area (Å²) in [4.78, 5) is 30.0. The van der Waals surface area contributed by atoms with Crippen molar-refractivity contribution < 1.29 is 23.1 Å². The van der Waals surface area contributed by atoms with Crippen LogP contribution in [-0.4, -0.2) is 53.3 Å². The topological polar surface area (TPSA) is 130 Å². The minimum absolute atomic E-state index is 0.0643. The molecule has 5 aromatic rings. The van der Waals surface area contributed by atoms with E-state index in [4.69, 9.17) is 10.1 Å². The fourth-order valence-electron chi connectivity index (χ4n) is 5.64. The molecule has 0 bridgehead atoms. The fourth-order valence-corrected chi connectivity index (χ4v) is 7.07. The van der Waals surface area contributed by atoms with E-state index in [1.54, 1.807) is 18.2 Å². The maximum absolute atomic E-state index is 13.5. The Morgan fingerprint density at radius 2 is 1.66 bits per heavy atom. The van der Waals surface area contributed by atoms with Crippen LogP contribution in [0.1, 0.15) is 46.2 Å². The van der Waals surface area contributed by atoms with E-state index in [2.05, 4.69) is 29.4 Å². The summed E-state index contributed by atoms with van der Waals surface area (Å²) in [6, 6.07) is 27.6. The molecule has 5 rings (SSSR count). The Balaban J connectivity index is 1.44. The third kappa shape index (κ3) is 7.93. The molecule has 2 amide bonds. The lowest BCUT2D eigenvalue weighted by Gasteiger charge is -2.17. The van der Waals surface area contributed by atoms with Crippen LogP contribution in [0.5, 0.6) is 0 Å². The number of aliphatic hydroxyl groups excluding tert-OH is 1. The molecule has 1 heterocycles. The Labute approximate surface area is 280 Å². The average Bonchev–Trinajstić information content (AvgIpc) is 3.42. The lowest BCUT2D eigenvalue weighted by atomic mass is 10.0. The van der Waals surface area contributed by atoms with Crippen LogP contribution in [0.4, 0.5) is 0 Å². The summed E-state index contributed by atoms with van der Waals surface area (Å²) in [5, 5.41) is 12.2. The molecule has 0 radical (unpaired) electrons. The van der Waals surface area contributed by atoms with Gasteiger partial charge in [0.1, 0.15) is 12.4 Å². The van der Waals surface area contributed by atoms with Crippen LogP contribution in [0.15, 0.2) is 95.9 Å². The number of rotatable bonds is 13. The van der Waals surface area contributed by atoms with E-state index in [-0.39, 0.29) is 16.8 Å². The van der Waals surface area contributed by atoms with Gasteiger partial charge < -0.3 is 15.0 Å². The maximum Gasteiger partial charge on any atom is 0.264 e. The summed E-state index contributed by atoms with van der Waals surface area (Å²) in [6.45, 7) is 3.63. The highest BCUT2D eigenvalue weighted by atomic mass is 32.2. The maximum atomic E-state index is 13.5. The molecule has 0 fully saturated rings. The molecule has 0 saturated heterocycles. The molecular formula is C36H38N4O5S2. The smallest absolute Gasteiger partial charge is 0.264 e. The predicted molar refractivity (Wildman–Crippen MR) is 187 cm³/mol. The van der Waals surface area contributed by atoms with Crippen LogP contribution >= 0.6 is 12.6 Å². The van der Waals surface area contributed by atoms with Gasteiger partial charge in [-0.25, -0.2) is 18.1 Å². The van der Waals surface area contributed by atoms with Crippen LogP contribution in [-0.2, 0) is 34.2 Å². The summed E-state index contributed by atoms with van der Waals surface area (Å²) in [7, 11) is -4.19. The molecular weight excluding hydrogens is 633 g/mol. The molecule has 0 aliphatic rings. The van der Waals surface area contributed by atoms with Gasteiger partial charge in [-0.05, 0) is 60.2 Å². The van der Waals surface area contributed by atoms with Crippen molar-refractivity contribution in [1.29, 1.82) is 0 Å². The minimum atomic E-state index is -4.19. The molecule has 3 N–H and O–H groups in total. The first-order chi connectivity index (χ1) is 22.6. The van der Waals surface area contributed by atoms with E-state index in [0.717, 1.165) is 46.4 Å². The van der Waals surface area contributed by atoms with E-state index < -0.39 is 22.5 Å². The van der Waals surface area contributed by atoms with Crippen molar-refractivity contribution in [2.24, 2.45) is 0 Å². The number of benzene rings is 4. The average molecular weight is 671 g/mol. The van der Waals surface area contributed by atoms with Gasteiger partial charge in [-0.3, -0.25) is 9.59 Å². The van der Waals surface area contributed by atoms with Crippen LogP contribution in [0.2, 0.25) is 0 Å². The van der Waals surface area contributed by atoms with Crippen LogP contribution in [0, 0.1) is 6.92 Å². The Morgan fingerprint density at radius 3 is 2.34 bits per heavy atom. The summed E-state index contributed by atoms with van der Waals surface area (Å²) < 4.78 is 29.8. The number of aromatic nitrogens is 2. The molecule has 11 heteroatoms. The lowest BCUT2D eigenvalue weighted by Crippen LogP contribution is -2.37. The van der Waals surface area contributed by atoms with E-state index >= 15 is 0 Å². The third-order valence-electron chi connectivity index (χ3n) is 7.91. The molecule has 1 aromatic heterocycles. The van der Waals surface area contributed by atoms with Crippen LogP contribution < -0.4 is 10.0 Å². The second kappa shape index (κ2) is 15.0. The highest BCUT2D eigenvalue weighted by Gasteiger charge is 2.22. The number of amides is 2. The van der Waals surface area contributed by atoms with Gasteiger partial charge in [0.2, 0.25) is 0 Å². The third-order valence-corrected chi connectivity index (χ3v) is 9.79. The Morgan fingerprint density at radius 1 is 0.957 bits per heavy atom. The van der Waals surface area contributed by atoms with Crippen molar-refractivity contribution in [3.8, 4) is 11.1 Å². The number of nitrogens with zero attached hydrogens (tertiary/aromatic N) is 2. The number of sulfonamides is 1. The number of carbonyl (C=O) groups excluding carboxylic acids is 2. The largest absolute Gasteiger partial charge is 0.387 e. The van der Waals surface area contributed by atoms with Crippen molar-refractivity contribution in [3.63, 3.8) is 0 Å². The van der Waals surface area contributed by atoms with Crippen molar-refractivity contribution >= 4 is 45.5 Å². The first-order valence-electron chi connectivity index (χ1n) is 15.4. The van der Waals surface area contributed by atoms with Crippen LogP contribution in [0.25, 0.3) is 22.2 Å². The summed E-state index contributed by atoms with van der Waals surface area (Å²) >= 11 is 4.49. The van der Waals surface area contributed by atoms with Crippen molar-refractivity contribution in [2.75, 3.05) is 12.4 Å². The minimum Gasteiger partial charge on any atom is -0.387 e. The summed E-state index contributed by atoms with van der Waals surface area (Å²) in [5.41, 5.74) is 6.35. The molecule has 0 saturated carbocycles. The number of fused-ring (bicyclic) bond motifs is 1. The summed E-state index contributed by atoms with van der Waals surface area (Å²) in [5.74, 6) is 0.253. The Hall–Kier alpha value is -4.45. The van der Waals surface area contributed by atoms with E-state index in [1.807, 2.05) is 78.4 Å². The molecule has 47 heavy (non-hydrogen) atoms. The zero-order chi connectivity index (χ0) is 33.6. The van der Waals surface area contributed by atoms with Gasteiger partial charge in [0.15, 0.2) is 0 Å². The molecule has 0 unspecified atom stereocenters. The first-order valence-corrected chi connectivity index (χ1v) is 17.5. The first kappa shape index (κ1) is 33.9. The van der Waals surface area contributed by atoms with Crippen LogP contribution in [0.3, 0.4) is 0 Å². The van der Waals surface area contributed by atoms with Crippen molar-refractivity contribution in [1.82, 2.24) is 19.6 Å². The Bertz CT molecular complexity index is 1990. The number of aliphatic hydroxyl groups is 1. The molecule has 4 aromatic carbocycles. The van der Waals surface area contributed by atoms with Crippen molar-refractivity contribution in [2.45, 2.75) is 50.6 Å². The number of hydrogen-bond acceptors (Lipinski definition) is 7. The molecule has 9 nitrogen and oxygen atoms in total. The molecule has 1 atom stereocenters. The molecule has 0 aliphatic carbocycles.